The summed E-state index contributed by atoms with van der Waals surface area (Å²) in [5.74, 6) is 3.09. The van der Waals surface area contributed by atoms with E-state index in [-0.39, 0.29) is 17.5 Å². The van der Waals surface area contributed by atoms with Crippen LogP contribution in [-0.4, -0.2) is 26.9 Å². The van der Waals surface area contributed by atoms with Gasteiger partial charge in [0.25, 0.3) is 5.56 Å². The minimum absolute atomic E-state index is 0.0189. The first-order valence-electron chi connectivity index (χ1n) is 13.1. The Balaban J connectivity index is 1.30. The number of fused-ring (bicyclic) bond motifs is 3. The molecule has 35 heavy (non-hydrogen) atoms. The van der Waals surface area contributed by atoms with Gasteiger partial charge in [-0.3, -0.25) is 14.2 Å². The molecule has 3 aliphatic rings. The standard InChI is InChI=1S/C30H33N3O2/c1-20-31-27-19-32(28(34)18-25-17-21-12-13-24(25)16-21)15-14-26(27)30(35)33(20)29(22-8-4-2-5-9-22)23-10-6-3-7-11-23/h2-11,21,24-25,29H,12-19H2,1H3/t21-,24+,25?/m1/s1. The highest BCUT2D eigenvalue weighted by Gasteiger charge is 2.41. The SMILES string of the molecule is Cc1nc2c(c(=O)n1C(c1ccccc1)c1ccccc1)CCN(C(=O)CC1C[C@@H]3CC[C@H]1C3)C2. The van der Waals surface area contributed by atoms with Crippen LogP contribution in [0.3, 0.4) is 0 Å². The van der Waals surface area contributed by atoms with Crippen LogP contribution in [0.25, 0.3) is 0 Å². The minimum atomic E-state index is -0.236. The van der Waals surface area contributed by atoms with Crippen LogP contribution in [0.2, 0.25) is 0 Å². The smallest absolute Gasteiger partial charge is 0.257 e. The van der Waals surface area contributed by atoms with Crippen LogP contribution in [0.5, 0.6) is 0 Å². The average molecular weight is 468 g/mol. The van der Waals surface area contributed by atoms with E-state index < -0.39 is 0 Å². The van der Waals surface area contributed by atoms with Crippen molar-refractivity contribution in [3.8, 4) is 0 Å². The van der Waals surface area contributed by atoms with Crippen LogP contribution in [0.1, 0.15) is 66.4 Å². The Hall–Kier alpha value is -3.21. The average Bonchev–Trinajstić information content (AvgIpc) is 3.51. The molecule has 1 aliphatic heterocycles. The van der Waals surface area contributed by atoms with Crippen LogP contribution < -0.4 is 5.56 Å². The highest BCUT2D eigenvalue weighted by Crippen LogP contribution is 2.49. The minimum Gasteiger partial charge on any atom is -0.336 e. The number of carbonyl (C=O) groups excluding carboxylic acids is 1. The van der Waals surface area contributed by atoms with E-state index >= 15 is 0 Å². The van der Waals surface area contributed by atoms with Crippen LogP contribution in [0.4, 0.5) is 0 Å². The van der Waals surface area contributed by atoms with Gasteiger partial charge in [-0.1, -0.05) is 67.1 Å². The van der Waals surface area contributed by atoms with Gasteiger partial charge in [-0.15, -0.1) is 0 Å². The molecule has 3 aromatic rings. The first kappa shape index (κ1) is 22.3. The Labute approximate surface area is 206 Å². The van der Waals surface area contributed by atoms with Gasteiger partial charge in [0.15, 0.2) is 0 Å². The molecule has 2 bridgehead atoms. The maximum Gasteiger partial charge on any atom is 0.257 e. The number of carbonyl (C=O) groups is 1. The molecule has 1 amide bonds. The molecule has 3 atom stereocenters. The fourth-order valence-electron chi connectivity index (χ4n) is 6.88. The number of aryl methyl sites for hydroxylation is 1. The van der Waals surface area contributed by atoms with Crippen molar-refractivity contribution in [2.45, 2.75) is 58.0 Å². The molecular weight excluding hydrogens is 434 g/mol. The third-order valence-electron chi connectivity index (χ3n) is 8.61. The fourth-order valence-corrected chi connectivity index (χ4v) is 6.88. The van der Waals surface area contributed by atoms with Gasteiger partial charge < -0.3 is 4.90 Å². The summed E-state index contributed by atoms with van der Waals surface area (Å²) in [5, 5.41) is 0. The fraction of sp³-hybridized carbons (Fsp3) is 0.433. The molecule has 2 aromatic carbocycles. The van der Waals surface area contributed by atoms with E-state index in [1.807, 2.05) is 52.8 Å². The molecule has 5 heteroatoms. The second kappa shape index (κ2) is 9.10. The molecule has 0 radical (unpaired) electrons. The van der Waals surface area contributed by atoms with Crippen molar-refractivity contribution in [2.75, 3.05) is 6.54 Å². The molecule has 0 spiro atoms. The molecule has 2 heterocycles. The van der Waals surface area contributed by atoms with Gasteiger partial charge in [0.05, 0.1) is 18.3 Å². The third kappa shape index (κ3) is 4.11. The summed E-state index contributed by atoms with van der Waals surface area (Å²) < 4.78 is 1.84. The molecule has 2 saturated carbocycles. The largest absolute Gasteiger partial charge is 0.336 e. The Bertz CT molecular complexity index is 1240. The predicted molar refractivity (Wildman–Crippen MR) is 136 cm³/mol. The van der Waals surface area contributed by atoms with Crippen molar-refractivity contribution < 1.29 is 4.79 Å². The van der Waals surface area contributed by atoms with Crippen molar-refractivity contribution in [2.24, 2.45) is 17.8 Å². The molecule has 0 saturated heterocycles. The summed E-state index contributed by atoms with van der Waals surface area (Å²) in [4.78, 5) is 33.9. The summed E-state index contributed by atoms with van der Waals surface area (Å²) in [6.07, 6.45) is 6.44. The van der Waals surface area contributed by atoms with Crippen LogP contribution >= 0.6 is 0 Å². The normalized spacial score (nSPS) is 23.0. The van der Waals surface area contributed by atoms with E-state index in [2.05, 4.69) is 24.3 Å². The zero-order valence-corrected chi connectivity index (χ0v) is 20.4. The first-order chi connectivity index (χ1) is 17.1. The number of rotatable bonds is 5. The Morgan fingerprint density at radius 3 is 2.29 bits per heavy atom. The maximum absolute atomic E-state index is 13.9. The van der Waals surface area contributed by atoms with Crippen LogP contribution in [-0.2, 0) is 17.8 Å². The van der Waals surface area contributed by atoms with E-state index in [0.29, 0.717) is 37.7 Å². The number of hydrogen-bond acceptors (Lipinski definition) is 3. The van der Waals surface area contributed by atoms with E-state index in [0.717, 1.165) is 34.2 Å². The lowest BCUT2D eigenvalue weighted by atomic mass is 9.86. The number of aromatic nitrogens is 2. The number of amides is 1. The molecule has 180 valence electrons. The van der Waals surface area contributed by atoms with Crippen molar-refractivity contribution >= 4 is 5.91 Å². The van der Waals surface area contributed by atoms with Crippen LogP contribution in [0, 0.1) is 24.7 Å². The Morgan fingerprint density at radius 2 is 1.69 bits per heavy atom. The number of nitrogens with zero attached hydrogens (tertiary/aromatic N) is 3. The summed E-state index contributed by atoms with van der Waals surface area (Å²) in [6.45, 7) is 2.97. The monoisotopic (exact) mass is 467 g/mol. The summed E-state index contributed by atoms with van der Waals surface area (Å²) in [6, 6.07) is 20.1. The van der Waals surface area contributed by atoms with E-state index in [4.69, 9.17) is 4.98 Å². The lowest BCUT2D eigenvalue weighted by molar-refractivity contribution is -0.133. The molecule has 5 nitrogen and oxygen atoms in total. The predicted octanol–water partition coefficient (Wildman–Crippen LogP) is 4.90. The number of hydrogen-bond donors (Lipinski definition) is 0. The zero-order chi connectivity index (χ0) is 23.9. The zero-order valence-electron chi connectivity index (χ0n) is 20.4. The summed E-state index contributed by atoms with van der Waals surface area (Å²) in [7, 11) is 0. The van der Waals surface area contributed by atoms with Crippen molar-refractivity contribution in [1.29, 1.82) is 0 Å². The molecule has 2 fully saturated rings. The highest BCUT2D eigenvalue weighted by atomic mass is 16.2. The summed E-state index contributed by atoms with van der Waals surface area (Å²) in [5.41, 5.74) is 3.67. The molecule has 2 aliphatic carbocycles. The number of benzene rings is 2. The van der Waals surface area contributed by atoms with Crippen molar-refractivity contribution in [3.05, 3.63) is 99.2 Å². The Kier molecular flexibility index (Phi) is 5.79. The van der Waals surface area contributed by atoms with Gasteiger partial charge >= 0.3 is 0 Å². The van der Waals surface area contributed by atoms with E-state index in [9.17, 15) is 9.59 Å². The lowest BCUT2D eigenvalue weighted by Crippen LogP contribution is -2.42. The molecule has 6 rings (SSSR count). The van der Waals surface area contributed by atoms with Gasteiger partial charge in [-0.05, 0) is 61.5 Å². The summed E-state index contributed by atoms with van der Waals surface area (Å²) >= 11 is 0. The lowest BCUT2D eigenvalue weighted by Gasteiger charge is -2.32. The van der Waals surface area contributed by atoms with Crippen molar-refractivity contribution in [3.63, 3.8) is 0 Å². The molecular formula is C30H33N3O2. The van der Waals surface area contributed by atoms with Gasteiger partial charge in [0.1, 0.15) is 5.82 Å². The Morgan fingerprint density at radius 1 is 1.00 bits per heavy atom. The van der Waals surface area contributed by atoms with Gasteiger partial charge in [0, 0.05) is 18.5 Å². The topological polar surface area (TPSA) is 55.2 Å². The second-order valence-corrected chi connectivity index (χ2v) is 10.7. The van der Waals surface area contributed by atoms with E-state index in [1.165, 1.54) is 25.7 Å². The quantitative estimate of drug-likeness (QED) is 0.536. The van der Waals surface area contributed by atoms with Gasteiger partial charge in [-0.2, -0.15) is 0 Å². The molecule has 1 aromatic heterocycles. The van der Waals surface area contributed by atoms with Gasteiger partial charge in [-0.25, -0.2) is 4.98 Å². The van der Waals surface area contributed by atoms with Crippen molar-refractivity contribution in [1.82, 2.24) is 14.5 Å². The van der Waals surface area contributed by atoms with Crippen LogP contribution in [0.15, 0.2) is 65.5 Å². The third-order valence-corrected chi connectivity index (χ3v) is 8.61. The molecule has 1 unspecified atom stereocenters. The maximum atomic E-state index is 13.9. The van der Waals surface area contributed by atoms with E-state index in [1.54, 1.807) is 0 Å². The first-order valence-corrected chi connectivity index (χ1v) is 13.1. The molecule has 0 N–H and O–H groups in total. The highest BCUT2D eigenvalue weighted by molar-refractivity contribution is 5.76. The second-order valence-electron chi connectivity index (χ2n) is 10.7. The van der Waals surface area contributed by atoms with Gasteiger partial charge in [0.2, 0.25) is 5.91 Å².